The van der Waals surface area contributed by atoms with E-state index in [1.54, 1.807) is 29.6 Å². The lowest BCUT2D eigenvalue weighted by molar-refractivity contribution is -0.198. The molecule has 8 nitrogen and oxygen atoms in total. The van der Waals surface area contributed by atoms with Gasteiger partial charge in [0, 0.05) is 21.5 Å². The first-order chi connectivity index (χ1) is 19.5. The zero-order chi connectivity index (χ0) is 29.3. The van der Waals surface area contributed by atoms with Gasteiger partial charge in [0.2, 0.25) is 17.9 Å². The van der Waals surface area contributed by atoms with Crippen LogP contribution in [0.4, 0.5) is 19.1 Å². The number of anilines is 1. The van der Waals surface area contributed by atoms with Crippen LogP contribution in [0.2, 0.25) is 5.02 Å². The van der Waals surface area contributed by atoms with Gasteiger partial charge in [-0.05, 0) is 47.2 Å². The van der Waals surface area contributed by atoms with Crippen LogP contribution in [0.3, 0.4) is 0 Å². The zero-order valence-corrected chi connectivity index (χ0v) is 24.1. The molecule has 2 aromatic heterocycles. The first-order valence-corrected chi connectivity index (χ1v) is 13.7. The molecule has 0 aliphatic carbocycles. The molecule has 5 N–H and O–H groups in total. The number of carbonyl (C=O) groups is 1. The highest BCUT2D eigenvalue weighted by molar-refractivity contribution is 7.18. The number of hydrogen-bond donors (Lipinski definition) is 3. The molecule has 0 radical (unpaired) electrons. The van der Waals surface area contributed by atoms with Crippen molar-refractivity contribution in [1.29, 1.82) is 0 Å². The van der Waals surface area contributed by atoms with Gasteiger partial charge < -0.3 is 26.0 Å². The summed E-state index contributed by atoms with van der Waals surface area (Å²) in [5.41, 5.74) is 14.7. The van der Waals surface area contributed by atoms with E-state index in [0.717, 1.165) is 11.3 Å². The Bertz CT molecular complexity index is 1630. The summed E-state index contributed by atoms with van der Waals surface area (Å²) in [6.45, 7) is 0.633. The third-order valence-corrected chi connectivity index (χ3v) is 7.71. The molecule has 1 aliphatic rings. The van der Waals surface area contributed by atoms with Crippen molar-refractivity contribution in [2.24, 2.45) is 5.73 Å². The third kappa shape index (κ3) is 6.79. The molecule has 1 aliphatic heterocycles. The molecule has 0 amide bonds. The first kappa shape index (κ1) is 31.5. The maximum atomic E-state index is 14.6. The molecular formula is C28H25Cl2F3N4O4S. The average molecular weight is 641 g/mol. The molecule has 222 valence electrons. The normalized spacial score (nSPS) is 15.0. The topological polar surface area (TPSA) is 134 Å². The molecule has 0 spiro atoms. The summed E-state index contributed by atoms with van der Waals surface area (Å²) in [4.78, 5) is 19.4. The Morgan fingerprint density at radius 2 is 1.90 bits per heavy atom. The van der Waals surface area contributed by atoms with Crippen molar-refractivity contribution in [2.45, 2.75) is 31.2 Å². The van der Waals surface area contributed by atoms with Gasteiger partial charge in [0.15, 0.2) is 0 Å². The number of carboxylic acid groups (broad SMARTS) is 1. The predicted molar refractivity (Wildman–Crippen MR) is 158 cm³/mol. The Morgan fingerprint density at radius 3 is 2.55 bits per heavy atom. The van der Waals surface area contributed by atoms with Crippen molar-refractivity contribution in [3.63, 3.8) is 0 Å². The maximum absolute atomic E-state index is 14.6. The predicted octanol–water partition coefficient (Wildman–Crippen LogP) is 6.46. The van der Waals surface area contributed by atoms with E-state index in [0.29, 0.717) is 40.8 Å². The Morgan fingerprint density at radius 1 is 1.17 bits per heavy atom. The number of ether oxygens (including phenoxy) is 2. The van der Waals surface area contributed by atoms with Crippen molar-refractivity contribution in [2.75, 3.05) is 18.9 Å². The number of nitrogens with two attached hydrogens (primary N) is 2. The lowest BCUT2D eigenvalue weighted by Gasteiger charge is -2.26. The van der Waals surface area contributed by atoms with Crippen LogP contribution >= 0.6 is 35.3 Å². The van der Waals surface area contributed by atoms with Crippen LogP contribution < -0.4 is 16.2 Å². The zero-order valence-electron chi connectivity index (χ0n) is 21.7. The largest absolute Gasteiger partial charge is 0.480 e. The fraction of sp³-hybridized carbons (Fsp3) is 0.250. The molecule has 0 bridgehead atoms. The Hall–Kier alpha value is -3.42. The quantitative estimate of drug-likeness (QED) is 0.200. The maximum Gasteiger partial charge on any atom is 0.429 e. The van der Waals surface area contributed by atoms with Crippen LogP contribution in [0.5, 0.6) is 5.88 Å². The molecule has 0 saturated heterocycles. The lowest BCUT2D eigenvalue weighted by Crippen LogP contribution is -2.32. The monoisotopic (exact) mass is 640 g/mol. The van der Waals surface area contributed by atoms with Crippen LogP contribution in [0.25, 0.3) is 26.9 Å². The molecule has 2 unspecified atom stereocenters. The summed E-state index contributed by atoms with van der Waals surface area (Å²) in [5, 5.41) is 11.1. The molecule has 2 aromatic carbocycles. The highest BCUT2D eigenvalue weighted by Gasteiger charge is 2.45. The van der Waals surface area contributed by atoms with E-state index in [-0.39, 0.29) is 58.1 Å². The van der Waals surface area contributed by atoms with Crippen LogP contribution in [0, 0.1) is 0 Å². The minimum absolute atomic E-state index is 0. The highest BCUT2D eigenvalue weighted by atomic mass is 35.5. The summed E-state index contributed by atoms with van der Waals surface area (Å²) in [6.07, 6.45) is -4.65. The molecule has 2 atom stereocenters. The minimum Gasteiger partial charge on any atom is -0.480 e. The van der Waals surface area contributed by atoms with Gasteiger partial charge in [-0.1, -0.05) is 48.0 Å². The van der Waals surface area contributed by atoms with E-state index in [1.807, 2.05) is 6.08 Å². The Kier molecular flexibility index (Phi) is 9.63. The second kappa shape index (κ2) is 12.8. The van der Waals surface area contributed by atoms with Gasteiger partial charge in [-0.2, -0.15) is 18.2 Å². The van der Waals surface area contributed by atoms with E-state index in [9.17, 15) is 18.0 Å². The van der Waals surface area contributed by atoms with Gasteiger partial charge in [-0.15, -0.1) is 23.7 Å². The van der Waals surface area contributed by atoms with Crippen molar-refractivity contribution in [1.82, 2.24) is 9.97 Å². The second-order valence-corrected chi connectivity index (χ2v) is 10.7. The number of alkyl halides is 3. The average Bonchev–Trinajstić information content (AvgIpc) is 3.36. The van der Waals surface area contributed by atoms with E-state index < -0.39 is 24.3 Å². The number of aromatic nitrogens is 2. The number of carboxylic acids is 1. The van der Waals surface area contributed by atoms with Gasteiger partial charge in [0.25, 0.3) is 0 Å². The van der Waals surface area contributed by atoms with Gasteiger partial charge >= 0.3 is 12.1 Å². The summed E-state index contributed by atoms with van der Waals surface area (Å²) in [6, 6.07) is 10.1. The number of halogens is 5. The molecule has 3 heterocycles. The van der Waals surface area contributed by atoms with E-state index in [4.69, 9.17) is 37.6 Å². The smallest absolute Gasteiger partial charge is 0.429 e. The van der Waals surface area contributed by atoms with E-state index in [2.05, 4.69) is 9.97 Å². The molecule has 5 rings (SSSR count). The summed E-state index contributed by atoms with van der Waals surface area (Å²) in [5.74, 6) is -1.66. The summed E-state index contributed by atoms with van der Waals surface area (Å²) in [7, 11) is 0. The number of rotatable bonds is 8. The fourth-order valence-electron chi connectivity index (χ4n) is 4.55. The summed E-state index contributed by atoms with van der Waals surface area (Å²) >= 11 is 7.29. The standard InChI is InChI=1S/C28H24ClF3N4O4S.ClH/c29-17-7-8-18(19(11-17)16-2-1-9-39-12-16)24(28(30,31)32)40-25-23-22(35-27(34)36-25)20(13-41-23)15-5-3-14(4-6-15)10-21(33)26(37)38;/h2-8,11,13,21,24H,1,9-10,12,33H2,(H,37,38)(H2,34,35,36);1H. The number of hydrogen-bond acceptors (Lipinski definition) is 8. The fourth-order valence-corrected chi connectivity index (χ4v) is 5.67. The van der Waals surface area contributed by atoms with E-state index >= 15 is 0 Å². The van der Waals surface area contributed by atoms with Gasteiger partial charge in [-0.25, -0.2) is 4.98 Å². The Labute approximate surface area is 253 Å². The number of aliphatic carboxylic acids is 1. The van der Waals surface area contributed by atoms with E-state index in [1.165, 1.54) is 18.2 Å². The lowest BCUT2D eigenvalue weighted by atomic mass is 9.94. The van der Waals surface area contributed by atoms with Crippen LogP contribution in [0.15, 0.2) is 53.9 Å². The van der Waals surface area contributed by atoms with Crippen LogP contribution in [-0.2, 0) is 16.0 Å². The minimum atomic E-state index is -4.81. The first-order valence-electron chi connectivity index (χ1n) is 12.4. The number of nitrogen functional groups attached to an aromatic ring is 1. The highest BCUT2D eigenvalue weighted by Crippen LogP contribution is 2.44. The second-order valence-electron chi connectivity index (χ2n) is 9.40. The van der Waals surface area contributed by atoms with Crippen molar-refractivity contribution in [3.05, 3.63) is 75.6 Å². The number of thiophene rings is 1. The Balaban J connectivity index is 0.00000405. The molecular weight excluding hydrogens is 616 g/mol. The molecule has 4 aromatic rings. The molecule has 14 heteroatoms. The molecule has 0 saturated carbocycles. The number of fused-ring (bicyclic) bond motifs is 1. The van der Waals surface area contributed by atoms with Crippen molar-refractivity contribution in [3.8, 4) is 17.0 Å². The van der Waals surface area contributed by atoms with Crippen molar-refractivity contribution < 1.29 is 32.5 Å². The number of benzene rings is 2. The van der Waals surface area contributed by atoms with Gasteiger partial charge in [0.05, 0.1) is 18.7 Å². The number of nitrogens with zero attached hydrogens (tertiary/aromatic N) is 2. The third-order valence-electron chi connectivity index (χ3n) is 6.52. The molecule has 0 fully saturated rings. The molecule has 42 heavy (non-hydrogen) atoms. The van der Waals surface area contributed by atoms with Gasteiger partial charge in [0.1, 0.15) is 10.7 Å². The SMILES string of the molecule is Cl.Nc1nc(OC(c2ccc(Cl)cc2C2=CCCOC2)C(F)(F)F)c2scc(-c3ccc(CC(N)C(=O)O)cc3)c2n1. The van der Waals surface area contributed by atoms with Crippen LogP contribution in [0.1, 0.15) is 29.2 Å². The van der Waals surface area contributed by atoms with Gasteiger partial charge in [-0.3, -0.25) is 4.79 Å². The van der Waals surface area contributed by atoms with Crippen LogP contribution in [-0.4, -0.2) is 46.5 Å². The van der Waals surface area contributed by atoms with Crippen molar-refractivity contribution >= 4 is 63.1 Å². The summed E-state index contributed by atoms with van der Waals surface area (Å²) < 4.78 is 55.1.